The van der Waals surface area contributed by atoms with Gasteiger partial charge in [0.15, 0.2) is 0 Å². The Balaban J connectivity index is 2.50. The van der Waals surface area contributed by atoms with Gasteiger partial charge >= 0.3 is 0 Å². The molecule has 0 aliphatic heterocycles. The standard InChI is InChI=1S/C13H25N3/c1-4-16(5-2)10-8-12-7-6-9-13(12,11-14)15-3/h12,15H,4-10H2,1-3H3. The summed E-state index contributed by atoms with van der Waals surface area (Å²) in [5.74, 6) is 0.531. The van der Waals surface area contributed by atoms with Crippen molar-refractivity contribution in [3.8, 4) is 6.07 Å². The van der Waals surface area contributed by atoms with E-state index in [1.807, 2.05) is 7.05 Å². The molecule has 1 N–H and O–H groups in total. The largest absolute Gasteiger partial charge is 0.304 e. The highest BCUT2D eigenvalue weighted by molar-refractivity contribution is 5.13. The Morgan fingerprint density at radius 2 is 2.12 bits per heavy atom. The van der Waals surface area contributed by atoms with E-state index >= 15 is 0 Å². The normalized spacial score (nSPS) is 29.6. The van der Waals surface area contributed by atoms with Gasteiger partial charge in [0, 0.05) is 0 Å². The molecule has 92 valence electrons. The number of nitriles is 1. The summed E-state index contributed by atoms with van der Waals surface area (Å²) >= 11 is 0. The number of hydrogen-bond donors (Lipinski definition) is 1. The fourth-order valence-corrected chi connectivity index (χ4v) is 2.88. The van der Waals surface area contributed by atoms with Gasteiger partial charge in [-0.15, -0.1) is 0 Å². The number of nitrogens with zero attached hydrogens (tertiary/aromatic N) is 2. The summed E-state index contributed by atoms with van der Waals surface area (Å²) in [7, 11) is 1.93. The number of hydrogen-bond acceptors (Lipinski definition) is 3. The Labute approximate surface area is 99.8 Å². The first-order valence-electron chi connectivity index (χ1n) is 6.55. The maximum Gasteiger partial charge on any atom is 0.109 e. The van der Waals surface area contributed by atoms with Gasteiger partial charge in [0.1, 0.15) is 5.54 Å². The van der Waals surface area contributed by atoms with E-state index < -0.39 is 0 Å². The van der Waals surface area contributed by atoms with Crippen LogP contribution in [0.3, 0.4) is 0 Å². The molecule has 0 heterocycles. The molecule has 1 rings (SSSR count). The predicted molar refractivity (Wildman–Crippen MR) is 67.1 cm³/mol. The fraction of sp³-hybridized carbons (Fsp3) is 0.923. The molecule has 0 aromatic rings. The quantitative estimate of drug-likeness (QED) is 0.748. The zero-order valence-corrected chi connectivity index (χ0v) is 10.9. The second kappa shape index (κ2) is 6.22. The molecule has 16 heavy (non-hydrogen) atoms. The van der Waals surface area contributed by atoms with Crippen LogP contribution in [0, 0.1) is 17.2 Å². The summed E-state index contributed by atoms with van der Waals surface area (Å²) in [5, 5.41) is 12.6. The number of nitrogens with one attached hydrogen (secondary N) is 1. The third kappa shape index (κ3) is 2.75. The molecule has 1 aliphatic carbocycles. The van der Waals surface area contributed by atoms with Crippen LogP contribution >= 0.6 is 0 Å². The summed E-state index contributed by atoms with van der Waals surface area (Å²) in [6.07, 6.45) is 4.56. The van der Waals surface area contributed by atoms with Crippen LogP contribution in [0.15, 0.2) is 0 Å². The molecular weight excluding hydrogens is 198 g/mol. The third-order valence-corrected chi connectivity index (χ3v) is 4.15. The van der Waals surface area contributed by atoms with Crippen LogP contribution in [0.25, 0.3) is 0 Å². The van der Waals surface area contributed by atoms with Gasteiger partial charge < -0.3 is 10.2 Å². The zero-order chi connectivity index (χ0) is 12.0. The van der Waals surface area contributed by atoms with Gasteiger partial charge in [0.25, 0.3) is 0 Å². The van der Waals surface area contributed by atoms with E-state index in [1.54, 1.807) is 0 Å². The molecule has 0 amide bonds. The molecule has 0 radical (unpaired) electrons. The van der Waals surface area contributed by atoms with Crippen LogP contribution in [0.2, 0.25) is 0 Å². The van der Waals surface area contributed by atoms with Crippen molar-refractivity contribution in [2.24, 2.45) is 5.92 Å². The van der Waals surface area contributed by atoms with Gasteiger partial charge in [-0.1, -0.05) is 20.3 Å². The van der Waals surface area contributed by atoms with Crippen molar-refractivity contribution >= 4 is 0 Å². The Bertz CT molecular complexity index is 242. The summed E-state index contributed by atoms with van der Waals surface area (Å²) in [6, 6.07) is 2.51. The highest BCUT2D eigenvalue weighted by Crippen LogP contribution is 2.37. The Hall–Kier alpha value is -0.590. The van der Waals surface area contributed by atoms with E-state index in [2.05, 4.69) is 30.1 Å². The van der Waals surface area contributed by atoms with Crippen LogP contribution in [0.4, 0.5) is 0 Å². The maximum atomic E-state index is 9.34. The van der Waals surface area contributed by atoms with Crippen molar-refractivity contribution in [3.63, 3.8) is 0 Å². The lowest BCUT2D eigenvalue weighted by molar-refractivity contribution is 0.242. The topological polar surface area (TPSA) is 39.1 Å². The van der Waals surface area contributed by atoms with Crippen molar-refractivity contribution < 1.29 is 0 Å². The Morgan fingerprint density at radius 1 is 1.44 bits per heavy atom. The summed E-state index contributed by atoms with van der Waals surface area (Å²) in [4.78, 5) is 2.44. The number of rotatable bonds is 6. The third-order valence-electron chi connectivity index (χ3n) is 4.15. The SMILES string of the molecule is CCN(CC)CCC1CCCC1(C#N)NC. The van der Waals surface area contributed by atoms with Gasteiger partial charge in [0.2, 0.25) is 0 Å². The average Bonchev–Trinajstić information content (AvgIpc) is 2.74. The van der Waals surface area contributed by atoms with E-state index in [0.717, 1.165) is 32.5 Å². The van der Waals surface area contributed by atoms with Gasteiger partial charge in [-0.05, 0) is 51.9 Å². The molecule has 3 heteroatoms. The maximum absolute atomic E-state index is 9.34. The lowest BCUT2D eigenvalue weighted by Gasteiger charge is -2.30. The second-order valence-corrected chi connectivity index (χ2v) is 4.74. The predicted octanol–water partition coefficient (Wildman–Crippen LogP) is 2.00. The molecule has 1 fully saturated rings. The summed E-state index contributed by atoms with van der Waals surface area (Å²) in [5.41, 5.74) is -0.243. The highest BCUT2D eigenvalue weighted by Gasteiger charge is 2.41. The molecule has 2 unspecified atom stereocenters. The monoisotopic (exact) mass is 223 g/mol. The van der Waals surface area contributed by atoms with Crippen LogP contribution < -0.4 is 5.32 Å². The zero-order valence-electron chi connectivity index (χ0n) is 10.9. The average molecular weight is 223 g/mol. The molecule has 2 atom stereocenters. The minimum Gasteiger partial charge on any atom is -0.304 e. The summed E-state index contributed by atoms with van der Waals surface area (Å²) < 4.78 is 0. The van der Waals surface area contributed by atoms with Crippen molar-refractivity contribution in [1.29, 1.82) is 5.26 Å². The lowest BCUT2D eigenvalue weighted by Crippen LogP contribution is -2.45. The first-order valence-corrected chi connectivity index (χ1v) is 6.55. The van der Waals surface area contributed by atoms with Gasteiger partial charge in [-0.2, -0.15) is 5.26 Å². The van der Waals surface area contributed by atoms with E-state index in [9.17, 15) is 5.26 Å². The van der Waals surface area contributed by atoms with Gasteiger partial charge in [0.05, 0.1) is 6.07 Å². The molecule has 0 saturated heterocycles. The smallest absolute Gasteiger partial charge is 0.109 e. The molecular formula is C13H25N3. The molecule has 1 aliphatic rings. The van der Waals surface area contributed by atoms with Crippen molar-refractivity contribution in [2.75, 3.05) is 26.7 Å². The lowest BCUT2D eigenvalue weighted by atomic mass is 9.86. The van der Waals surface area contributed by atoms with Crippen LogP contribution in [-0.2, 0) is 0 Å². The first kappa shape index (κ1) is 13.5. The molecule has 0 aromatic carbocycles. The highest BCUT2D eigenvalue weighted by atomic mass is 15.1. The minimum absolute atomic E-state index is 0.243. The van der Waals surface area contributed by atoms with E-state index in [4.69, 9.17) is 0 Å². The molecule has 3 nitrogen and oxygen atoms in total. The van der Waals surface area contributed by atoms with Crippen LogP contribution in [0.5, 0.6) is 0 Å². The van der Waals surface area contributed by atoms with E-state index in [0.29, 0.717) is 5.92 Å². The van der Waals surface area contributed by atoms with Crippen LogP contribution in [0.1, 0.15) is 39.5 Å². The molecule has 1 saturated carbocycles. The van der Waals surface area contributed by atoms with Crippen molar-refractivity contribution in [1.82, 2.24) is 10.2 Å². The second-order valence-electron chi connectivity index (χ2n) is 4.74. The molecule has 0 bridgehead atoms. The molecule has 0 aromatic heterocycles. The van der Waals surface area contributed by atoms with Crippen molar-refractivity contribution in [2.45, 2.75) is 45.1 Å². The Morgan fingerprint density at radius 3 is 2.62 bits per heavy atom. The van der Waals surface area contributed by atoms with Crippen LogP contribution in [-0.4, -0.2) is 37.1 Å². The first-order chi connectivity index (χ1) is 7.72. The minimum atomic E-state index is -0.243. The Kier molecular flexibility index (Phi) is 5.24. The van der Waals surface area contributed by atoms with Crippen molar-refractivity contribution in [3.05, 3.63) is 0 Å². The van der Waals surface area contributed by atoms with E-state index in [-0.39, 0.29) is 5.54 Å². The molecule has 0 spiro atoms. The van der Waals surface area contributed by atoms with Gasteiger partial charge in [-0.3, -0.25) is 0 Å². The van der Waals surface area contributed by atoms with E-state index in [1.165, 1.54) is 12.8 Å². The summed E-state index contributed by atoms with van der Waals surface area (Å²) in [6.45, 7) is 7.76. The fourth-order valence-electron chi connectivity index (χ4n) is 2.88. The van der Waals surface area contributed by atoms with Gasteiger partial charge in [-0.25, -0.2) is 0 Å².